The molecule has 0 aromatic rings. The molecule has 13 heteroatoms. The molecule has 1 heterocycles. The fraction of sp³-hybridized carbons (Fsp3) is 0.841. The lowest BCUT2D eigenvalue weighted by atomic mass is 9.92. The largest absolute Gasteiger partial charge is 0.354 e. The first-order chi connectivity index (χ1) is 36.3. The molecule has 442 valence electrons. The van der Waals surface area contributed by atoms with Gasteiger partial charge in [0.1, 0.15) is 12.1 Å². The van der Waals surface area contributed by atoms with Gasteiger partial charge in [-0.1, -0.05) is 182 Å². The number of hydrogen-bond acceptors (Lipinski definition) is 8. The fourth-order valence-corrected chi connectivity index (χ4v) is 9.22. The number of rotatable bonds is 44. The zero-order valence-corrected chi connectivity index (χ0v) is 50.8. The molecule has 0 aromatic heterocycles. The van der Waals surface area contributed by atoms with E-state index < -0.39 is 12.1 Å². The van der Waals surface area contributed by atoms with E-state index in [1.807, 2.05) is 48.6 Å². The van der Waals surface area contributed by atoms with Crippen LogP contribution in [0.5, 0.6) is 0 Å². The third-order valence-corrected chi connectivity index (χ3v) is 13.9. The Morgan fingerprint density at radius 2 is 0.842 bits per heavy atom. The van der Waals surface area contributed by atoms with Crippen LogP contribution < -0.4 is 31.9 Å². The van der Waals surface area contributed by atoms with Crippen LogP contribution >= 0.6 is 0 Å². The topological polar surface area (TPSA) is 178 Å². The van der Waals surface area contributed by atoms with Crippen LogP contribution in [0.15, 0.2) is 24.3 Å². The van der Waals surface area contributed by atoms with E-state index in [1.54, 1.807) is 0 Å². The normalized spacial score (nSPS) is 14.2. The fourth-order valence-electron chi connectivity index (χ4n) is 9.22. The summed E-state index contributed by atoms with van der Waals surface area (Å²) in [4.78, 5) is 76.4. The molecule has 1 aliphatic rings. The number of likely N-dealkylation sites (tertiary alicyclic amines) is 1. The highest BCUT2D eigenvalue weighted by Crippen LogP contribution is 2.19. The van der Waals surface area contributed by atoms with Gasteiger partial charge in [-0.25, -0.2) is 0 Å². The van der Waals surface area contributed by atoms with Crippen molar-refractivity contribution < 1.29 is 28.8 Å². The maximum Gasteiger partial charge on any atom is 0.245 e. The Morgan fingerprint density at radius 1 is 0.487 bits per heavy atom. The molecule has 0 aromatic carbocycles. The molecular formula is C63H119N7O6. The first kappa shape index (κ1) is 72.4. The average Bonchev–Trinajstić information content (AvgIpc) is 3.35. The first-order valence-corrected chi connectivity index (χ1v) is 30.9. The van der Waals surface area contributed by atoms with Gasteiger partial charge in [-0.15, -0.1) is 0 Å². The molecule has 0 saturated carbocycles. The van der Waals surface area contributed by atoms with E-state index in [1.165, 1.54) is 122 Å². The predicted molar refractivity (Wildman–Crippen MR) is 319 cm³/mol. The molecule has 6 N–H and O–H groups in total. The Balaban J connectivity index is 0.00000154. The molecule has 1 saturated heterocycles. The van der Waals surface area contributed by atoms with E-state index in [0.29, 0.717) is 38.3 Å². The lowest BCUT2D eigenvalue weighted by Crippen LogP contribution is -2.54. The van der Waals surface area contributed by atoms with Gasteiger partial charge in [-0.05, 0) is 114 Å². The van der Waals surface area contributed by atoms with Gasteiger partial charge >= 0.3 is 0 Å². The van der Waals surface area contributed by atoms with E-state index >= 15 is 0 Å². The van der Waals surface area contributed by atoms with Crippen LogP contribution in [0.1, 0.15) is 268 Å². The average molecular weight is 1070 g/mol. The van der Waals surface area contributed by atoms with E-state index in [-0.39, 0.29) is 59.2 Å². The van der Waals surface area contributed by atoms with Gasteiger partial charge in [0, 0.05) is 51.9 Å². The quantitative estimate of drug-likeness (QED) is 0.0258. The predicted octanol–water partition coefficient (Wildman–Crippen LogP) is 12.7. The first-order valence-electron chi connectivity index (χ1n) is 30.9. The Labute approximate surface area is 466 Å². The number of hydrogen-bond donors (Lipinski definition) is 6. The maximum absolute atomic E-state index is 13.1. The van der Waals surface area contributed by atoms with Crippen LogP contribution in [0, 0.1) is 16.7 Å². The van der Waals surface area contributed by atoms with Crippen LogP contribution in [0.3, 0.4) is 0 Å². The van der Waals surface area contributed by atoms with Gasteiger partial charge in [0.2, 0.25) is 29.5 Å². The van der Waals surface area contributed by atoms with Gasteiger partial charge in [-0.2, -0.15) is 0 Å². The van der Waals surface area contributed by atoms with Crippen molar-refractivity contribution in [1.29, 1.82) is 0 Å². The molecule has 1 aliphatic heterocycles. The molecule has 13 nitrogen and oxygen atoms in total. The van der Waals surface area contributed by atoms with Gasteiger partial charge < -0.3 is 31.9 Å². The van der Waals surface area contributed by atoms with Crippen molar-refractivity contribution in [3.8, 4) is 0 Å². The van der Waals surface area contributed by atoms with Crippen LogP contribution in [0.4, 0.5) is 0 Å². The van der Waals surface area contributed by atoms with E-state index in [0.717, 1.165) is 83.8 Å². The number of nitrogens with zero attached hydrogens (tertiary/aromatic N) is 1. The van der Waals surface area contributed by atoms with Crippen LogP contribution in [-0.4, -0.2) is 98.7 Å². The molecule has 76 heavy (non-hydrogen) atoms. The summed E-state index contributed by atoms with van der Waals surface area (Å²) >= 11 is 0. The molecule has 5 amide bonds. The van der Waals surface area contributed by atoms with Gasteiger partial charge in [0.25, 0.3) is 0 Å². The molecular weight excluding hydrogens is 951 g/mol. The van der Waals surface area contributed by atoms with Gasteiger partial charge in [0.05, 0.1) is 6.67 Å². The highest BCUT2D eigenvalue weighted by Gasteiger charge is 2.25. The SMILES string of the molecule is CCCCCCCC/C=C\CCCCCCCC(=O)N[C@@H](CNC(=O)CC(C)(C)C)C(=O)NCN1CCC(CNC)CC1.CCCCCCCC/C=C\CCCCCCCC(=O)N[C@@H](CNC(=O)CC(C)(C)C)C(C)=O. The Morgan fingerprint density at radius 3 is 1.21 bits per heavy atom. The maximum atomic E-state index is 13.1. The standard InChI is InChI=1S/C35H67N5O3.C28H52N2O3/c1-6-7-8-9-10-11-12-13-14-15-16-17-18-19-20-21-32(41)39-31(28-37-33(42)26-35(2,3)4)34(43)38-29-40-24-22-30(23-25-40)27-36-5;1-6-7-8-9-10-11-12-13-14-15-16-17-18-19-20-21-26(32)30-25(24(2)31)23-29-27(33)22-28(3,4)5/h13-14,30-31,36H,6-12,15-29H2,1-5H3,(H,37,42)(H,38,43)(H,39,41);13-14,25H,6-12,15-23H2,1-5H3,(H,29,33)(H,30,32)/b2*14-13-/t31-;25-/m00/s1. The summed E-state index contributed by atoms with van der Waals surface area (Å²) in [5, 5.41) is 17.5. The number of carbonyl (C=O) groups is 6. The Hall–Kier alpha value is -3.58. The van der Waals surface area contributed by atoms with Crippen molar-refractivity contribution in [3.05, 3.63) is 24.3 Å². The van der Waals surface area contributed by atoms with Gasteiger partial charge in [-0.3, -0.25) is 33.7 Å². The number of unbranched alkanes of at least 4 members (excludes halogenated alkanes) is 22. The third kappa shape index (κ3) is 47.6. The van der Waals surface area contributed by atoms with E-state index in [2.05, 4.69) is 75.0 Å². The van der Waals surface area contributed by atoms with Crippen LogP contribution in [-0.2, 0) is 28.8 Å². The Kier molecular flexibility index (Phi) is 45.2. The molecule has 1 rings (SSSR count). The highest BCUT2D eigenvalue weighted by molar-refractivity contribution is 5.89. The lowest BCUT2D eigenvalue weighted by Gasteiger charge is -2.32. The Bertz CT molecular complexity index is 1560. The smallest absolute Gasteiger partial charge is 0.245 e. The number of nitrogens with one attached hydrogen (secondary N) is 6. The summed E-state index contributed by atoms with van der Waals surface area (Å²) in [6.07, 6.45) is 44.8. The second-order valence-corrected chi connectivity index (χ2v) is 24.4. The molecule has 2 atom stereocenters. The molecule has 1 fully saturated rings. The monoisotopic (exact) mass is 1070 g/mol. The zero-order valence-electron chi connectivity index (χ0n) is 50.8. The summed E-state index contributed by atoms with van der Waals surface area (Å²) in [6, 6.07) is -1.43. The van der Waals surface area contributed by atoms with Crippen LogP contribution in [0.2, 0.25) is 0 Å². The second kappa shape index (κ2) is 47.4. The summed E-state index contributed by atoms with van der Waals surface area (Å²) < 4.78 is 0. The molecule has 0 unspecified atom stereocenters. The molecule has 0 spiro atoms. The van der Waals surface area contributed by atoms with Crippen molar-refractivity contribution in [2.24, 2.45) is 16.7 Å². The molecule has 0 bridgehead atoms. The summed E-state index contributed by atoms with van der Waals surface area (Å²) in [5.74, 6) is -0.147. The number of Topliss-reactive ketones (excluding diaryl/α,β-unsaturated/α-hetero) is 1. The number of piperidine rings is 1. The van der Waals surface area contributed by atoms with Crippen LogP contribution in [0.25, 0.3) is 0 Å². The van der Waals surface area contributed by atoms with E-state index in [9.17, 15) is 28.8 Å². The van der Waals surface area contributed by atoms with Gasteiger partial charge in [0.15, 0.2) is 5.78 Å². The van der Waals surface area contributed by atoms with Crippen molar-refractivity contribution in [3.63, 3.8) is 0 Å². The number of amides is 5. The highest BCUT2D eigenvalue weighted by atomic mass is 16.2. The number of ketones is 1. The number of carbonyl (C=O) groups excluding carboxylic acids is 6. The van der Waals surface area contributed by atoms with Crippen molar-refractivity contribution in [2.45, 2.75) is 280 Å². The summed E-state index contributed by atoms with van der Waals surface area (Å²) in [6.45, 7) is 21.6. The summed E-state index contributed by atoms with van der Waals surface area (Å²) in [5.41, 5.74) is -0.253. The minimum Gasteiger partial charge on any atom is -0.354 e. The van der Waals surface area contributed by atoms with Crippen molar-refractivity contribution in [1.82, 2.24) is 36.8 Å². The molecule has 0 aliphatic carbocycles. The van der Waals surface area contributed by atoms with E-state index in [4.69, 9.17) is 0 Å². The van der Waals surface area contributed by atoms with Crippen molar-refractivity contribution >= 4 is 35.3 Å². The zero-order chi connectivity index (χ0) is 56.7. The number of allylic oxidation sites excluding steroid dienone is 4. The van der Waals surface area contributed by atoms with Crippen molar-refractivity contribution in [2.75, 3.05) is 46.4 Å². The lowest BCUT2D eigenvalue weighted by molar-refractivity contribution is -0.130. The second-order valence-electron chi connectivity index (χ2n) is 24.4. The summed E-state index contributed by atoms with van der Waals surface area (Å²) in [7, 11) is 1.99. The minimum absolute atomic E-state index is 0.0970. The third-order valence-electron chi connectivity index (χ3n) is 13.9. The molecule has 0 radical (unpaired) electrons. The minimum atomic E-state index is -0.777.